The van der Waals surface area contributed by atoms with Crippen LogP contribution in [0.3, 0.4) is 0 Å². The number of carbonyl (C=O) groups is 1. The maximum absolute atomic E-state index is 10.2. The van der Waals surface area contributed by atoms with Crippen LogP contribution in [0, 0.1) is 9.85 Å². The fraction of sp³-hybridized carbons (Fsp3) is 0. The molecule has 0 amide bonds. The molecule has 0 saturated heterocycles. The van der Waals surface area contributed by atoms with Crippen LogP contribution >= 0.6 is 33.9 Å². The van der Waals surface area contributed by atoms with E-state index in [1.165, 1.54) is 11.3 Å². The monoisotopic (exact) mass is 262 g/mol. The Morgan fingerprint density at radius 1 is 1.60 bits per heavy atom. The average molecular weight is 262 g/mol. The van der Waals surface area contributed by atoms with Gasteiger partial charge in [-0.15, -0.1) is 11.3 Å². The van der Waals surface area contributed by atoms with E-state index in [0.717, 1.165) is 16.0 Å². The largest absolute Gasteiger partial charge is 0.297 e. The van der Waals surface area contributed by atoms with Gasteiger partial charge in [-0.25, -0.2) is 0 Å². The van der Waals surface area contributed by atoms with E-state index >= 15 is 0 Å². The highest BCUT2D eigenvalue weighted by molar-refractivity contribution is 14.1. The first-order chi connectivity index (χ1) is 4.86. The molecule has 0 bridgehead atoms. The SMILES string of the molecule is O=Cc1ccc(C#CI)s1. The molecule has 0 aliphatic carbocycles. The zero-order valence-electron chi connectivity index (χ0n) is 4.93. The maximum atomic E-state index is 10.2. The molecule has 0 radical (unpaired) electrons. The topological polar surface area (TPSA) is 17.1 Å². The lowest BCUT2D eigenvalue weighted by molar-refractivity contribution is 0.112. The van der Waals surface area contributed by atoms with Crippen molar-refractivity contribution >= 4 is 40.2 Å². The van der Waals surface area contributed by atoms with E-state index in [-0.39, 0.29) is 0 Å². The van der Waals surface area contributed by atoms with Crippen molar-refractivity contribution in [1.29, 1.82) is 0 Å². The van der Waals surface area contributed by atoms with Gasteiger partial charge in [0.1, 0.15) is 0 Å². The van der Waals surface area contributed by atoms with Crippen LogP contribution in [-0.2, 0) is 0 Å². The van der Waals surface area contributed by atoms with Crippen LogP contribution in [0.4, 0.5) is 0 Å². The van der Waals surface area contributed by atoms with Gasteiger partial charge in [0, 0.05) is 22.6 Å². The molecule has 0 aliphatic rings. The van der Waals surface area contributed by atoms with Gasteiger partial charge in [0.2, 0.25) is 0 Å². The predicted molar refractivity (Wildman–Crippen MR) is 50.6 cm³/mol. The van der Waals surface area contributed by atoms with E-state index in [1.807, 2.05) is 28.7 Å². The van der Waals surface area contributed by atoms with Gasteiger partial charge in [0.15, 0.2) is 6.29 Å². The second kappa shape index (κ2) is 3.74. The highest BCUT2D eigenvalue weighted by Gasteiger charge is 1.93. The first-order valence-electron chi connectivity index (χ1n) is 2.53. The summed E-state index contributed by atoms with van der Waals surface area (Å²) in [5.74, 6) is 2.86. The lowest BCUT2D eigenvalue weighted by Gasteiger charge is -1.72. The quantitative estimate of drug-likeness (QED) is 0.431. The van der Waals surface area contributed by atoms with Crippen molar-refractivity contribution in [2.75, 3.05) is 0 Å². The first kappa shape index (κ1) is 7.76. The zero-order chi connectivity index (χ0) is 7.40. The molecule has 0 spiro atoms. The Labute approximate surface area is 76.6 Å². The molecule has 1 rings (SSSR count). The Balaban J connectivity index is 2.95. The molecule has 0 fully saturated rings. The second-order valence-corrected chi connectivity index (χ2v) is 3.19. The highest BCUT2D eigenvalue weighted by Crippen LogP contribution is 2.12. The summed E-state index contributed by atoms with van der Waals surface area (Å²) in [4.78, 5) is 11.9. The lowest BCUT2D eigenvalue weighted by atomic mass is 10.4. The van der Waals surface area contributed by atoms with Crippen molar-refractivity contribution < 1.29 is 4.79 Å². The number of aldehydes is 1. The summed E-state index contributed by atoms with van der Waals surface area (Å²) in [5.41, 5.74) is 0. The number of carbonyl (C=O) groups excluding carboxylic acids is 1. The fourth-order valence-corrected chi connectivity index (χ4v) is 1.68. The molecule has 3 heteroatoms. The minimum atomic E-state index is 0.731. The van der Waals surface area contributed by atoms with Crippen molar-refractivity contribution in [3.63, 3.8) is 0 Å². The summed E-state index contributed by atoms with van der Waals surface area (Å²) in [6.45, 7) is 0. The average Bonchev–Trinajstić information content (AvgIpc) is 2.37. The predicted octanol–water partition coefficient (Wildman–Crippen LogP) is 2.30. The molecule has 0 unspecified atom stereocenters. The van der Waals surface area contributed by atoms with Gasteiger partial charge in [-0.3, -0.25) is 4.79 Å². The number of hydrogen-bond acceptors (Lipinski definition) is 2. The van der Waals surface area contributed by atoms with Gasteiger partial charge < -0.3 is 0 Å². The van der Waals surface area contributed by atoms with Crippen LogP contribution in [0.1, 0.15) is 14.5 Å². The molecule has 1 nitrogen and oxygen atoms in total. The van der Waals surface area contributed by atoms with Crippen LogP contribution in [0.15, 0.2) is 12.1 Å². The van der Waals surface area contributed by atoms with Crippen LogP contribution in [0.5, 0.6) is 0 Å². The Bertz CT molecular complexity index is 292. The first-order valence-corrected chi connectivity index (χ1v) is 4.43. The molecule has 0 atom stereocenters. The molecule has 50 valence electrons. The fourth-order valence-electron chi connectivity index (χ4n) is 0.530. The van der Waals surface area contributed by atoms with E-state index in [0.29, 0.717) is 0 Å². The molecule has 0 N–H and O–H groups in total. The Morgan fingerprint density at radius 2 is 2.40 bits per heavy atom. The molecule has 0 aromatic carbocycles. The molecule has 0 aliphatic heterocycles. The summed E-state index contributed by atoms with van der Waals surface area (Å²) in [5, 5.41) is 0. The van der Waals surface area contributed by atoms with Gasteiger partial charge in [0.05, 0.1) is 9.75 Å². The number of thiophene rings is 1. The lowest BCUT2D eigenvalue weighted by Crippen LogP contribution is -1.62. The maximum Gasteiger partial charge on any atom is 0.160 e. The molecule has 1 heterocycles. The van der Waals surface area contributed by atoms with Crippen LogP contribution in [0.2, 0.25) is 0 Å². The van der Waals surface area contributed by atoms with E-state index in [9.17, 15) is 4.79 Å². The van der Waals surface area contributed by atoms with Crippen molar-refractivity contribution in [2.24, 2.45) is 0 Å². The summed E-state index contributed by atoms with van der Waals surface area (Å²) >= 11 is 3.38. The van der Waals surface area contributed by atoms with E-state index in [1.54, 1.807) is 6.07 Å². The number of hydrogen-bond donors (Lipinski definition) is 0. The van der Waals surface area contributed by atoms with Gasteiger partial charge in [-0.2, -0.15) is 0 Å². The van der Waals surface area contributed by atoms with E-state index in [4.69, 9.17) is 0 Å². The van der Waals surface area contributed by atoms with E-state index < -0.39 is 0 Å². The van der Waals surface area contributed by atoms with Gasteiger partial charge >= 0.3 is 0 Å². The minimum Gasteiger partial charge on any atom is -0.297 e. The Morgan fingerprint density at radius 3 is 2.90 bits per heavy atom. The van der Waals surface area contributed by atoms with Crippen molar-refractivity contribution in [1.82, 2.24) is 0 Å². The van der Waals surface area contributed by atoms with Crippen LogP contribution < -0.4 is 0 Å². The second-order valence-electron chi connectivity index (χ2n) is 1.54. The van der Waals surface area contributed by atoms with Crippen molar-refractivity contribution in [3.05, 3.63) is 21.9 Å². The Kier molecular flexibility index (Phi) is 2.90. The summed E-state index contributed by atoms with van der Waals surface area (Å²) in [6, 6.07) is 3.62. The third-order valence-electron chi connectivity index (χ3n) is 0.913. The molecular weight excluding hydrogens is 259 g/mol. The molecular formula is C7H3IOS. The standard InChI is InChI=1S/C7H3IOS/c8-4-3-6-1-2-7(5-9)10-6/h1-2,5H. The normalized spacial score (nSPS) is 8.10. The summed E-state index contributed by atoms with van der Waals surface area (Å²) in [7, 11) is 0. The molecule has 1 aromatic rings. The molecule has 10 heavy (non-hydrogen) atoms. The molecule has 0 saturated carbocycles. The smallest absolute Gasteiger partial charge is 0.160 e. The third kappa shape index (κ3) is 1.82. The number of halogens is 1. The van der Waals surface area contributed by atoms with Gasteiger partial charge in [-0.1, -0.05) is 0 Å². The number of rotatable bonds is 1. The molecule has 1 aromatic heterocycles. The van der Waals surface area contributed by atoms with Gasteiger partial charge in [-0.05, 0) is 22.0 Å². The van der Waals surface area contributed by atoms with Crippen molar-refractivity contribution in [2.45, 2.75) is 0 Å². The Hall–Kier alpha value is -0.340. The summed E-state index contributed by atoms with van der Waals surface area (Å²) < 4.78 is 2.74. The van der Waals surface area contributed by atoms with Crippen LogP contribution in [-0.4, -0.2) is 6.29 Å². The minimum absolute atomic E-state index is 0.731. The van der Waals surface area contributed by atoms with Crippen molar-refractivity contribution in [3.8, 4) is 9.85 Å². The summed E-state index contributed by atoms with van der Waals surface area (Å²) in [6.07, 6.45) is 0.836. The zero-order valence-corrected chi connectivity index (χ0v) is 7.90. The highest BCUT2D eigenvalue weighted by atomic mass is 127. The van der Waals surface area contributed by atoms with Gasteiger partial charge in [0.25, 0.3) is 0 Å². The van der Waals surface area contributed by atoms with E-state index in [2.05, 4.69) is 9.85 Å². The third-order valence-corrected chi connectivity index (χ3v) is 2.11. The van der Waals surface area contributed by atoms with Crippen LogP contribution in [0.25, 0.3) is 0 Å².